The second-order valence-corrected chi connectivity index (χ2v) is 4.05. The summed E-state index contributed by atoms with van der Waals surface area (Å²) in [5.41, 5.74) is 0. The Labute approximate surface area is 92.8 Å². The van der Waals surface area contributed by atoms with Crippen LogP contribution in [0.1, 0.15) is 0 Å². The zero-order valence-electron chi connectivity index (χ0n) is 6.46. The molecule has 0 radical (unpaired) electrons. The summed E-state index contributed by atoms with van der Waals surface area (Å²) in [6, 6.07) is 0. The third kappa shape index (κ3) is 11.7. The molecule has 0 saturated heterocycles. The summed E-state index contributed by atoms with van der Waals surface area (Å²) in [5.74, 6) is 0. The molecule has 0 aliphatic rings. The fourth-order valence-corrected chi connectivity index (χ4v) is 0.373. The monoisotopic (exact) mass is 252 g/mol. The molecule has 2 N–H and O–H groups in total. The summed E-state index contributed by atoms with van der Waals surface area (Å²) in [6.07, 6.45) is 11.7. The molecule has 70 valence electrons. The van der Waals surface area contributed by atoms with Gasteiger partial charge in [-0.2, -0.15) is 0 Å². The van der Waals surface area contributed by atoms with E-state index in [1.165, 1.54) is 0 Å². The summed E-state index contributed by atoms with van der Waals surface area (Å²) in [5, 5.41) is 0. The van der Waals surface area contributed by atoms with E-state index in [1.807, 2.05) is 0 Å². The fraction of sp³-hybridized carbons (Fsp3) is 0. The SMILES string of the molecule is [Cl][Ti][Cl].[c-]1ncc[nH]1.[c-]1ncc[nH]1. The first kappa shape index (κ1) is 12.7. The van der Waals surface area contributed by atoms with E-state index in [1.54, 1.807) is 24.8 Å². The first-order valence-corrected chi connectivity index (χ1v) is 7.38. The molecule has 0 atom stereocenters. The second-order valence-electron chi connectivity index (χ2n) is 1.47. The van der Waals surface area contributed by atoms with E-state index in [9.17, 15) is 0 Å². The number of nitrogens with zero attached hydrogens (tertiary/aromatic N) is 2. The van der Waals surface area contributed by atoms with Gasteiger partial charge in [-0.05, 0) is 12.7 Å². The molecular formula is C6H6Cl2N4Ti-2. The normalized spacial score (nSPS) is 7.23. The van der Waals surface area contributed by atoms with E-state index in [2.05, 4.69) is 32.6 Å². The summed E-state index contributed by atoms with van der Waals surface area (Å²) < 4.78 is 0. The molecule has 2 aromatic heterocycles. The maximum absolute atomic E-state index is 4.89. The summed E-state index contributed by atoms with van der Waals surface area (Å²) in [4.78, 5) is 12.3. The molecule has 0 amide bonds. The first-order chi connectivity index (χ1) is 6.41. The van der Waals surface area contributed by atoms with Crippen molar-refractivity contribution in [2.24, 2.45) is 0 Å². The molecule has 0 aliphatic carbocycles. The molecule has 2 heterocycles. The molecule has 13 heavy (non-hydrogen) atoms. The van der Waals surface area contributed by atoms with E-state index in [4.69, 9.17) is 18.6 Å². The molecule has 0 bridgehead atoms. The predicted molar refractivity (Wildman–Crippen MR) is 46.6 cm³/mol. The van der Waals surface area contributed by atoms with Gasteiger partial charge in [0.15, 0.2) is 0 Å². The molecule has 0 saturated carbocycles. The smallest absolute Gasteiger partial charge is 0.00235 e. The average Bonchev–Trinajstić information content (AvgIpc) is 2.85. The predicted octanol–water partition coefficient (Wildman–Crippen LogP) is 1.80. The van der Waals surface area contributed by atoms with Crippen molar-refractivity contribution < 1.29 is 17.0 Å². The van der Waals surface area contributed by atoms with Gasteiger partial charge in [-0.15, -0.1) is 24.8 Å². The minimum Gasteiger partial charge on any atom is -0.467 e. The number of imidazole rings is 2. The third-order valence-electron chi connectivity index (χ3n) is 0.723. The van der Waals surface area contributed by atoms with Crippen LogP contribution in [0.15, 0.2) is 24.8 Å². The van der Waals surface area contributed by atoms with Crippen LogP contribution >= 0.6 is 18.6 Å². The van der Waals surface area contributed by atoms with Gasteiger partial charge in [0.25, 0.3) is 0 Å². The largest absolute Gasteiger partial charge is 0.467 e. The van der Waals surface area contributed by atoms with Gasteiger partial charge in [0, 0.05) is 0 Å². The third-order valence-corrected chi connectivity index (χ3v) is 0.723. The van der Waals surface area contributed by atoms with Crippen LogP contribution < -0.4 is 0 Å². The molecule has 0 aromatic carbocycles. The van der Waals surface area contributed by atoms with Gasteiger partial charge in [-0.1, -0.05) is 0 Å². The van der Waals surface area contributed by atoms with Crippen LogP contribution in [0, 0.1) is 12.7 Å². The number of hydrogen-bond acceptors (Lipinski definition) is 2. The maximum atomic E-state index is 4.89. The quantitative estimate of drug-likeness (QED) is 0.555. The Hall–Kier alpha value is -0.286. The van der Waals surface area contributed by atoms with Crippen molar-refractivity contribution in [2.75, 3.05) is 0 Å². The van der Waals surface area contributed by atoms with Crippen molar-refractivity contribution in [3.63, 3.8) is 0 Å². The summed E-state index contributed by atoms with van der Waals surface area (Å²) >= 11 is -0.556. The van der Waals surface area contributed by atoms with Crippen molar-refractivity contribution in [1.29, 1.82) is 0 Å². The molecule has 0 unspecified atom stereocenters. The van der Waals surface area contributed by atoms with Gasteiger partial charge < -0.3 is 19.9 Å². The molecule has 0 spiro atoms. The summed E-state index contributed by atoms with van der Waals surface area (Å²) in [6.45, 7) is 0. The van der Waals surface area contributed by atoms with Crippen molar-refractivity contribution in [2.45, 2.75) is 0 Å². The van der Waals surface area contributed by atoms with Crippen LogP contribution in [-0.2, 0) is 17.0 Å². The minimum atomic E-state index is -0.556. The Morgan fingerprint density at radius 1 is 1.00 bits per heavy atom. The van der Waals surface area contributed by atoms with Crippen LogP contribution in [0.3, 0.4) is 0 Å². The Bertz CT molecular complexity index is 174. The van der Waals surface area contributed by atoms with Crippen LogP contribution in [0.25, 0.3) is 0 Å². The van der Waals surface area contributed by atoms with Crippen LogP contribution in [0.4, 0.5) is 0 Å². The van der Waals surface area contributed by atoms with E-state index in [0.29, 0.717) is 0 Å². The molecule has 4 nitrogen and oxygen atoms in total. The fourth-order valence-electron chi connectivity index (χ4n) is 0.373. The Balaban J connectivity index is 0.000000174. The van der Waals surface area contributed by atoms with Crippen molar-refractivity contribution in [1.82, 2.24) is 19.9 Å². The van der Waals surface area contributed by atoms with Gasteiger partial charge >= 0.3 is 35.6 Å². The average molecular weight is 253 g/mol. The minimum absolute atomic E-state index is 0.556. The molecule has 0 aliphatic heterocycles. The first-order valence-electron chi connectivity index (χ1n) is 3.09. The maximum Gasteiger partial charge on any atom is -0.00235 e. The molecule has 7 heteroatoms. The number of halogens is 2. The topological polar surface area (TPSA) is 57.4 Å². The Morgan fingerprint density at radius 3 is 1.46 bits per heavy atom. The zero-order chi connectivity index (χ0) is 9.78. The molecule has 2 rings (SSSR count). The second kappa shape index (κ2) is 11.7. The Morgan fingerprint density at radius 2 is 1.38 bits per heavy atom. The molecular weight excluding hydrogens is 247 g/mol. The number of H-pyrrole nitrogens is 2. The number of hydrogen-bond donors (Lipinski definition) is 2. The van der Waals surface area contributed by atoms with Crippen molar-refractivity contribution in [3.05, 3.63) is 37.4 Å². The standard InChI is InChI=1S/2C3H3N2.2ClH.Ti/c2*1-2-5-3-4-1;;;/h2*1-2H,(H,4,5);2*1H;/q2*-1;;;+2/p-2. The van der Waals surface area contributed by atoms with E-state index in [-0.39, 0.29) is 0 Å². The van der Waals surface area contributed by atoms with E-state index < -0.39 is 17.0 Å². The van der Waals surface area contributed by atoms with E-state index >= 15 is 0 Å². The molecule has 2 aromatic rings. The summed E-state index contributed by atoms with van der Waals surface area (Å²) in [7, 11) is 9.78. The number of aromatic amines is 2. The van der Waals surface area contributed by atoms with Crippen molar-refractivity contribution >= 4 is 18.6 Å². The molecule has 0 fully saturated rings. The van der Waals surface area contributed by atoms with E-state index in [0.717, 1.165) is 0 Å². The number of aromatic nitrogens is 4. The number of rotatable bonds is 0. The van der Waals surface area contributed by atoms with Gasteiger partial charge in [-0.3, -0.25) is 0 Å². The van der Waals surface area contributed by atoms with Gasteiger partial charge in [0.2, 0.25) is 0 Å². The van der Waals surface area contributed by atoms with Crippen LogP contribution in [-0.4, -0.2) is 19.9 Å². The van der Waals surface area contributed by atoms with Gasteiger partial charge in [-0.25, -0.2) is 0 Å². The van der Waals surface area contributed by atoms with Gasteiger partial charge in [0.1, 0.15) is 0 Å². The van der Waals surface area contributed by atoms with Gasteiger partial charge in [0.05, 0.1) is 0 Å². The van der Waals surface area contributed by atoms with Crippen molar-refractivity contribution in [3.8, 4) is 0 Å². The Kier molecular flexibility index (Phi) is 11.5. The number of nitrogens with one attached hydrogen (secondary N) is 2. The van der Waals surface area contributed by atoms with Crippen LogP contribution in [0.5, 0.6) is 0 Å². The van der Waals surface area contributed by atoms with Crippen LogP contribution in [0.2, 0.25) is 0 Å². The zero-order valence-corrected chi connectivity index (χ0v) is 9.53.